The number of rotatable bonds is 4. The van der Waals surface area contributed by atoms with Gasteiger partial charge < -0.3 is 15.1 Å². The monoisotopic (exact) mass is 396 g/mol. The van der Waals surface area contributed by atoms with E-state index < -0.39 is 0 Å². The summed E-state index contributed by atoms with van der Waals surface area (Å²) in [5.41, 5.74) is 3.45. The van der Waals surface area contributed by atoms with Gasteiger partial charge in [0.05, 0.1) is 0 Å². The maximum Gasteiger partial charge on any atom is 0.278 e. The molecule has 1 amide bonds. The molecular weight excluding hydrogens is 376 g/mol. The van der Waals surface area contributed by atoms with Crippen molar-refractivity contribution in [2.24, 2.45) is 0 Å². The van der Waals surface area contributed by atoms with Crippen LogP contribution >= 0.6 is 11.6 Å². The van der Waals surface area contributed by atoms with Crippen molar-refractivity contribution in [2.75, 3.05) is 36.4 Å². The summed E-state index contributed by atoms with van der Waals surface area (Å²) >= 11 is 6.02. The van der Waals surface area contributed by atoms with E-state index >= 15 is 0 Å². The molecule has 1 fully saturated rings. The number of aryl methyl sites for hydroxylation is 1. The average Bonchev–Trinajstić information content (AvgIpc) is 3.16. The van der Waals surface area contributed by atoms with E-state index in [1.807, 2.05) is 17.0 Å². The molecular formula is C20H21ClN6O. The molecule has 0 saturated carbocycles. The van der Waals surface area contributed by atoms with Gasteiger partial charge in [0.25, 0.3) is 5.91 Å². The minimum absolute atomic E-state index is 0.137. The Labute approximate surface area is 168 Å². The van der Waals surface area contributed by atoms with Gasteiger partial charge in [0.1, 0.15) is 0 Å². The molecule has 0 unspecified atom stereocenters. The molecule has 0 bridgehead atoms. The molecule has 0 aliphatic carbocycles. The number of piperazine rings is 1. The molecule has 144 valence electrons. The van der Waals surface area contributed by atoms with E-state index in [0.717, 1.165) is 18.8 Å². The maximum absolute atomic E-state index is 12.9. The standard InChI is InChI=1S/C20H21ClN6O/c1-14-5-7-17(8-6-14)26-9-11-27(12-10-26)20(28)18-19(24-25-23-18)22-16-4-2-3-15(21)13-16/h2-8,13H,9-12H2,1H3,(H2,22,23,24,25). The number of nitrogens with one attached hydrogen (secondary N) is 2. The van der Waals surface area contributed by atoms with Crippen LogP contribution in [-0.2, 0) is 0 Å². The number of halogens is 1. The van der Waals surface area contributed by atoms with Crippen molar-refractivity contribution in [3.05, 3.63) is 64.8 Å². The highest BCUT2D eigenvalue weighted by Gasteiger charge is 2.26. The number of anilines is 3. The van der Waals surface area contributed by atoms with E-state index in [-0.39, 0.29) is 11.6 Å². The van der Waals surface area contributed by atoms with E-state index in [4.69, 9.17) is 11.6 Å². The smallest absolute Gasteiger partial charge is 0.278 e. The van der Waals surface area contributed by atoms with Gasteiger partial charge in [-0.05, 0) is 37.3 Å². The van der Waals surface area contributed by atoms with Crippen LogP contribution in [0.5, 0.6) is 0 Å². The molecule has 2 N–H and O–H groups in total. The Bertz CT molecular complexity index is 963. The number of carbonyl (C=O) groups excluding carboxylic acids is 1. The molecule has 1 aliphatic rings. The molecule has 28 heavy (non-hydrogen) atoms. The zero-order valence-electron chi connectivity index (χ0n) is 15.5. The van der Waals surface area contributed by atoms with Crippen molar-refractivity contribution in [2.45, 2.75) is 6.92 Å². The SMILES string of the molecule is Cc1ccc(N2CCN(C(=O)c3n[nH]nc3Nc3cccc(Cl)c3)CC2)cc1. The second-order valence-electron chi connectivity index (χ2n) is 6.77. The number of amides is 1. The molecule has 3 aromatic rings. The molecule has 0 radical (unpaired) electrons. The van der Waals surface area contributed by atoms with Crippen molar-refractivity contribution < 1.29 is 4.79 Å². The zero-order valence-corrected chi connectivity index (χ0v) is 16.3. The fraction of sp³-hybridized carbons (Fsp3) is 0.250. The van der Waals surface area contributed by atoms with Gasteiger partial charge in [-0.2, -0.15) is 5.21 Å². The van der Waals surface area contributed by atoms with Gasteiger partial charge in [-0.1, -0.05) is 35.4 Å². The lowest BCUT2D eigenvalue weighted by molar-refractivity contribution is 0.0742. The van der Waals surface area contributed by atoms with Gasteiger partial charge in [0.15, 0.2) is 11.5 Å². The van der Waals surface area contributed by atoms with Crippen LogP contribution in [0.15, 0.2) is 48.5 Å². The van der Waals surface area contributed by atoms with E-state index in [1.165, 1.54) is 11.3 Å². The molecule has 1 aliphatic heterocycles. The van der Waals surface area contributed by atoms with Gasteiger partial charge >= 0.3 is 0 Å². The lowest BCUT2D eigenvalue weighted by Gasteiger charge is -2.35. The Hall–Kier alpha value is -3.06. The van der Waals surface area contributed by atoms with E-state index in [0.29, 0.717) is 23.9 Å². The molecule has 2 heterocycles. The number of aromatic nitrogens is 3. The molecule has 1 aromatic heterocycles. The first kappa shape index (κ1) is 18.3. The van der Waals surface area contributed by atoms with Gasteiger partial charge in [-0.3, -0.25) is 4.79 Å². The zero-order chi connectivity index (χ0) is 19.5. The molecule has 0 spiro atoms. The summed E-state index contributed by atoms with van der Waals surface area (Å²) < 4.78 is 0. The molecule has 1 saturated heterocycles. The first-order chi connectivity index (χ1) is 13.6. The summed E-state index contributed by atoms with van der Waals surface area (Å²) in [4.78, 5) is 17.0. The van der Waals surface area contributed by atoms with Crippen molar-refractivity contribution in [3.63, 3.8) is 0 Å². The van der Waals surface area contributed by atoms with Crippen LogP contribution in [0.2, 0.25) is 5.02 Å². The first-order valence-corrected chi connectivity index (χ1v) is 9.52. The summed E-state index contributed by atoms with van der Waals surface area (Å²) in [5.74, 6) is 0.259. The summed E-state index contributed by atoms with van der Waals surface area (Å²) in [5, 5.41) is 14.4. The number of hydrogen-bond donors (Lipinski definition) is 2. The lowest BCUT2D eigenvalue weighted by Crippen LogP contribution is -2.49. The maximum atomic E-state index is 12.9. The van der Waals surface area contributed by atoms with Crippen LogP contribution in [0.1, 0.15) is 16.1 Å². The summed E-state index contributed by atoms with van der Waals surface area (Å²) in [6.45, 7) is 4.91. The normalized spacial score (nSPS) is 14.2. The molecule has 0 atom stereocenters. The third kappa shape index (κ3) is 3.94. The first-order valence-electron chi connectivity index (χ1n) is 9.14. The van der Waals surface area contributed by atoms with Crippen LogP contribution in [0.3, 0.4) is 0 Å². The highest BCUT2D eigenvalue weighted by molar-refractivity contribution is 6.30. The Morgan fingerprint density at radius 3 is 2.54 bits per heavy atom. The van der Waals surface area contributed by atoms with E-state index in [9.17, 15) is 4.79 Å². The van der Waals surface area contributed by atoms with Crippen molar-refractivity contribution >= 4 is 34.7 Å². The van der Waals surface area contributed by atoms with Crippen LogP contribution in [-0.4, -0.2) is 52.4 Å². The third-order valence-electron chi connectivity index (χ3n) is 4.80. The fourth-order valence-electron chi connectivity index (χ4n) is 3.24. The topological polar surface area (TPSA) is 77.2 Å². The second-order valence-corrected chi connectivity index (χ2v) is 7.21. The molecule has 7 nitrogen and oxygen atoms in total. The summed E-state index contributed by atoms with van der Waals surface area (Å²) in [7, 11) is 0. The summed E-state index contributed by atoms with van der Waals surface area (Å²) in [6, 6.07) is 15.7. The van der Waals surface area contributed by atoms with Crippen LogP contribution in [0.25, 0.3) is 0 Å². The van der Waals surface area contributed by atoms with Crippen molar-refractivity contribution in [3.8, 4) is 0 Å². The van der Waals surface area contributed by atoms with Crippen molar-refractivity contribution in [1.29, 1.82) is 0 Å². The highest BCUT2D eigenvalue weighted by atomic mass is 35.5. The van der Waals surface area contributed by atoms with Gasteiger partial charge in [-0.25, -0.2) is 0 Å². The van der Waals surface area contributed by atoms with Crippen LogP contribution < -0.4 is 10.2 Å². The second kappa shape index (κ2) is 7.90. The number of H-pyrrole nitrogens is 1. The van der Waals surface area contributed by atoms with E-state index in [2.05, 4.69) is 56.8 Å². The number of nitrogens with zero attached hydrogens (tertiary/aromatic N) is 4. The highest BCUT2D eigenvalue weighted by Crippen LogP contribution is 2.22. The number of benzene rings is 2. The number of hydrogen-bond acceptors (Lipinski definition) is 5. The minimum atomic E-state index is -0.137. The fourth-order valence-corrected chi connectivity index (χ4v) is 3.43. The number of carbonyl (C=O) groups is 1. The minimum Gasteiger partial charge on any atom is -0.368 e. The van der Waals surface area contributed by atoms with Crippen LogP contribution in [0, 0.1) is 6.92 Å². The largest absolute Gasteiger partial charge is 0.368 e. The average molecular weight is 397 g/mol. The van der Waals surface area contributed by atoms with Crippen LogP contribution in [0.4, 0.5) is 17.2 Å². The summed E-state index contributed by atoms with van der Waals surface area (Å²) in [6.07, 6.45) is 0. The molecule has 4 rings (SSSR count). The lowest BCUT2D eigenvalue weighted by atomic mass is 10.2. The van der Waals surface area contributed by atoms with Gasteiger partial charge in [0, 0.05) is 42.6 Å². The Kier molecular flexibility index (Phi) is 5.16. The quantitative estimate of drug-likeness (QED) is 0.706. The predicted molar refractivity (Wildman–Crippen MR) is 110 cm³/mol. The van der Waals surface area contributed by atoms with Gasteiger partial charge in [-0.15, -0.1) is 10.2 Å². The number of aromatic amines is 1. The Morgan fingerprint density at radius 1 is 1.07 bits per heavy atom. The Balaban J connectivity index is 1.42. The molecule has 2 aromatic carbocycles. The predicted octanol–water partition coefficient (Wildman–Crippen LogP) is 3.47. The van der Waals surface area contributed by atoms with Gasteiger partial charge in [0.2, 0.25) is 0 Å². The molecule has 8 heteroatoms. The Morgan fingerprint density at radius 2 is 1.82 bits per heavy atom. The van der Waals surface area contributed by atoms with E-state index in [1.54, 1.807) is 12.1 Å². The van der Waals surface area contributed by atoms with Crippen molar-refractivity contribution in [1.82, 2.24) is 20.3 Å². The third-order valence-corrected chi connectivity index (χ3v) is 5.04.